The quantitative estimate of drug-likeness (QED) is 0.320. The average molecular weight is 426 g/mol. The summed E-state index contributed by atoms with van der Waals surface area (Å²) >= 11 is 0. The Hall–Kier alpha value is -4.26. The standard InChI is InChI=1S/C25H22N4O3/c1-18-15-20(13-14-23(18)29(31)32)25(30)27(2)16-21-17-28(22-11-7-4-8-12-22)26-24(21)19-9-5-3-6-10-19/h3-15,17H,16H2,1-2H3. The van der Waals surface area contributed by atoms with E-state index in [0.29, 0.717) is 17.7 Å². The molecule has 7 nitrogen and oxygen atoms in total. The largest absolute Gasteiger partial charge is 0.337 e. The van der Waals surface area contributed by atoms with E-state index in [1.54, 1.807) is 24.9 Å². The molecule has 0 unspecified atom stereocenters. The molecule has 0 fully saturated rings. The van der Waals surface area contributed by atoms with E-state index >= 15 is 0 Å². The molecule has 0 radical (unpaired) electrons. The van der Waals surface area contributed by atoms with Gasteiger partial charge in [-0.05, 0) is 31.2 Å². The normalized spacial score (nSPS) is 10.7. The van der Waals surface area contributed by atoms with E-state index < -0.39 is 4.92 Å². The van der Waals surface area contributed by atoms with Crippen LogP contribution in [0.15, 0.2) is 85.1 Å². The molecular formula is C25H22N4O3. The van der Waals surface area contributed by atoms with Gasteiger partial charge in [0.05, 0.1) is 16.3 Å². The van der Waals surface area contributed by atoms with Crippen molar-refractivity contribution in [3.63, 3.8) is 0 Å². The number of hydrogen-bond acceptors (Lipinski definition) is 4. The maximum Gasteiger partial charge on any atom is 0.272 e. The van der Waals surface area contributed by atoms with Crippen LogP contribution in [-0.4, -0.2) is 32.6 Å². The molecule has 7 heteroatoms. The Morgan fingerprint density at radius 2 is 1.69 bits per heavy atom. The molecule has 0 bridgehead atoms. The summed E-state index contributed by atoms with van der Waals surface area (Å²) in [5.74, 6) is -0.213. The third-order valence-corrected chi connectivity index (χ3v) is 5.25. The first-order valence-corrected chi connectivity index (χ1v) is 10.1. The van der Waals surface area contributed by atoms with Gasteiger partial charge in [-0.3, -0.25) is 14.9 Å². The van der Waals surface area contributed by atoms with Crippen molar-refractivity contribution in [2.45, 2.75) is 13.5 Å². The molecular weight excluding hydrogens is 404 g/mol. The highest BCUT2D eigenvalue weighted by molar-refractivity contribution is 5.94. The second kappa shape index (κ2) is 8.85. The molecule has 0 saturated carbocycles. The molecule has 0 N–H and O–H groups in total. The summed E-state index contributed by atoms with van der Waals surface area (Å²) < 4.78 is 1.81. The highest BCUT2D eigenvalue weighted by atomic mass is 16.6. The fourth-order valence-corrected chi connectivity index (χ4v) is 3.62. The van der Waals surface area contributed by atoms with Gasteiger partial charge in [0.2, 0.25) is 0 Å². The van der Waals surface area contributed by atoms with Crippen molar-refractivity contribution in [1.29, 1.82) is 0 Å². The van der Waals surface area contributed by atoms with Gasteiger partial charge in [0.25, 0.3) is 11.6 Å². The second-order valence-corrected chi connectivity index (χ2v) is 7.57. The number of nitro groups is 1. The first-order valence-electron chi connectivity index (χ1n) is 10.1. The van der Waals surface area contributed by atoms with Crippen LogP contribution in [0.25, 0.3) is 16.9 Å². The lowest BCUT2D eigenvalue weighted by Gasteiger charge is -2.17. The van der Waals surface area contributed by atoms with Gasteiger partial charge in [0.15, 0.2) is 0 Å². The summed E-state index contributed by atoms with van der Waals surface area (Å²) in [5, 5.41) is 15.9. The van der Waals surface area contributed by atoms with Crippen LogP contribution in [0.2, 0.25) is 0 Å². The molecule has 1 amide bonds. The number of rotatable bonds is 6. The van der Waals surface area contributed by atoms with Crippen molar-refractivity contribution < 1.29 is 9.72 Å². The Morgan fingerprint density at radius 3 is 2.31 bits per heavy atom. The number of aromatic nitrogens is 2. The minimum absolute atomic E-state index is 0.000274. The van der Waals surface area contributed by atoms with Crippen molar-refractivity contribution >= 4 is 11.6 Å². The van der Waals surface area contributed by atoms with Gasteiger partial charge in [-0.2, -0.15) is 5.10 Å². The highest BCUT2D eigenvalue weighted by Gasteiger charge is 2.20. The lowest BCUT2D eigenvalue weighted by molar-refractivity contribution is -0.385. The van der Waals surface area contributed by atoms with E-state index in [1.807, 2.05) is 71.5 Å². The smallest absolute Gasteiger partial charge is 0.272 e. The number of hydrogen-bond donors (Lipinski definition) is 0. The average Bonchev–Trinajstić information content (AvgIpc) is 3.23. The fourth-order valence-electron chi connectivity index (χ4n) is 3.62. The number of para-hydroxylation sites is 1. The minimum Gasteiger partial charge on any atom is -0.337 e. The molecule has 0 aliphatic heterocycles. The number of nitrogens with zero attached hydrogens (tertiary/aromatic N) is 4. The Bertz CT molecular complexity index is 1270. The molecule has 160 valence electrons. The van der Waals surface area contributed by atoms with Crippen LogP contribution in [0, 0.1) is 17.0 Å². The Kier molecular flexibility index (Phi) is 5.81. The number of aryl methyl sites for hydroxylation is 1. The van der Waals surface area contributed by atoms with Crippen LogP contribution in [0.4, 0.5) is 5.69 Å². The lowest BCUT2D eigenvalue weighted by Crippen LogP contribution is -2.26. The number of benzene rings is 3. The number of carbonyl (C=O) groups is 1. The van der Waals surface area contributed by atoms with E-state index in [2.05, 4.69) is 0 Å². The van der Waals surface area contributed by atoms with Crippen LogP contribution >= 0.6 is 0 Å². The molecule has 1 heterocycles. The Labute approximate surface area is 185 Å². The first-order chi connectivity index (χ1) is 15.4. The van der Waals surface area contributed by atoms with Gasteiger partial charge in [0.1, 0.15) is 0 Å². The van der Waals surface area contributed by atoms with Gasteiger partial charge >= 0.3 is 0 Å². The molecule has 1 aromatic heterocycles. The minimum atomic E-state index is -0.447. The van der Waals surface area contributed by atoms with Crippen molar-refractivity contribution in [2.75, 3.05) is 7.05 Å². The predicted octanol–water partition coefficient (Wildman–Crippen LogP) is 5.03. The van der Waals surface area contributed by atoms with Crippen molar-refractivity contribution in [3.05, 3.63) is 112 Å². The van der Waals surface area contributed by atoms with Crippen LogP contribution in [0.3, 0.4) is 0 Å². The van der Waals surface area contributed by atoms with E-state index in [4.69, 9.17) is 5.10 Å². The summed E-state index contributed by atoms with van der Waals surface area (Å²) in [4.78, 5) is 25.3. The van der Waals surface area contributed by atoms with Crippen LogP contribution in [0.5, 0.6) is 0 Å². The SMILES string of the molecule is Cc1cc(C(=O)N(C)Cc2cn(-c3ccccc3)nc2-c2ccccc2)ccc1[N+](=O)[O-]. The summed E-state index contributed by atoms with van der Waals surface area (Å²) in [6, 6.07) is 24.1. The molecule has 3 aromatic carbocycles. The van der Waals surface area contributed by atoms with Gasteiger partial charge in [-0.25, -0.2) is 4.68 Å². The van der Waals surface area contributed by atoms with Gasteiger partial charge < -0.3 is 4.90 Å². The number of amides is 1. The van der Waals surface area contributed by atoms with Crippen LogP contribution in [-0.2, 0) is 6.54 Å². The van der Waals surface area contributed by atoms with E-state index in [0.717, 1.165) is 22.5 Å². The molecule has 0 saturated heterocycles. The second-order valence-electron chi connectivity index (χ2n) is 7.57. The van der Waals surface area contributed by atoms with Gasteiger partial charge in [0, 0.05) is 48.1 Å². The van der Waals surface area contributed by atoms with E-state index in [9.17, 15) is 14.9 Å². The number of carbonyl (C=O) groups excluding carboxylic acids is 1. The summed E-state index contributed by atoms with van der Waals surface area (Å²) in [6.07, 6.45) is 1.93. The Balaban J connectivity index is 1.65. The molecule has 0 atom stereocenters. The van der Waals surface area contributed by atoms with Crippen molar-refractivity contribution in [1.82, 2.24) is 14.7 Å². The van der Waals surface area contributed by atoms with Gasteiger partial charge in [-0.15, -0.1) is 0 Å². The number of nitro benzene ring substituents is 1. The molecule has 0 spiro atoms. The Morgan fingerprint density at radius 1 is 1.03 bits per heavy atom. The zero-order valence-corrected chi connectivity index (χ0v) is 17.8. The maximum atomic E-state index is 13.0. The van der Waals surface area contributed by atoms with Crippen LogP contribution < -0.4 is 0 Å². The lowest BCUT2D eigenvalue weighted by atomic mass is 10.1. The predicted molar refractivity (Wildman–Crippen MR) is 123 cm³/mol. The van der Waals surface area contributed by atoms with Crippen molar-refractivity contribution in [3.8, 4) is 16.9 Å². The zero-order valence-electron chi connectivity index (χ0n) is 17.8. The van der Waals surface area contributed by atoms with Crippen molar-refractivity contribution in [2.24, 2.45) is 0 Å². The summed E-state index contributed by atoms with van der Waals surface area (Å²) in [7, 11) is 1.72. The highest BCUT2D eigenvalue weighted by Crippen LogP contribution is 2.26. The topological polar surface area (TPSA) is 81.3 Å². The van der Waals surface area contributed by atoms with E-state index in [-0.39, 0.29) is 11.6 Å². The zero-order chi connectivity index (χ0) is 22.7. The third-order valence-electron chi connectivity index (χ3n) is 5.25. The molecule has 4 aromatic rings. The molecule has 4 rings (SSSR count). The monoisotopic (exact) mass is 426 g/mol. The first kappa shape index (κ1) is 21.0. The molecule has 0 aliphatic carbocycles. The van der Waals surface area contributed by atoms with E-state index in [1.165, 1.54) is 12.1 Å². The molecule has 32 heavy (non-hydrogen) atoms. The fraction of sp³-hybridized carbons (Fsp3) is 0.120. The summed E-state index contributed by atoms with van der Waals surface area (Å²) in [6.45, 7) is 1.97. The third kappa shape index (κ3) is 4.27. The molecule has 0 aliphatic rings. The maximum absolute atomic E-state index is 13.0. The van der Waals surface area contributed by atoms with Gasteiger partial charge in [-0.1, -0.05) is 48.5 Å². The summed E-state index contributed by atoms with van der Waals surface area (Å²) in [5.41, 5.74) is 4.45. The van der Waals surface area contributed by atoms with Crippen LogP contribution in [0.1, 0.15) is 21.5 Å².